The first kappa shape index (κ1) is 48.8. The highest BCUT2D eigenvalue weighted by molar-refractivity contribution is 7.86. The Bertz CT molecular complexity index is 938. The summed E-state index contributed by atoms with van der Waals surface area (Å²) in [5, 5.41) is 0. The lowest BCUT2D eigenvalue weighted by Gasteiger charge is -2.09. The van der Waals surface area contributed by atoms with E-state index in [-0.39, 0.29) is 18.1 Å². The van der Waals surface area contributed by atoms with Gasteiger partial charge in [0.25, 0.3) is 10.1 Å². The molecule has 0 amide bonds. The predicted molar refractivity (Wildman–Crippen MR) is 203 cm³/mol. The van der Waals surface area contributed by atoms with Crippen molar-refractivity contribution < 1.29 is 55.2 Å². The van der Waals surface area contributed by atoms with E-state index in [1.807, 2.05) is 0 Å². The lowest BCUT2D eigenvalue weighted by Crippen LogP contribution is -2.15. The Balaban J connectivity index is 1.64. The molecule has 0 aromatic heterocycles. The zero-order valence-corrected chi connectivity index (χ0v) is 33.1. The molecule has 0 aliphatic heterocycles. The molecule has 12 nitrogen and oxygen atoms in total. The SMILES string of the molecule is CCCCCCCCCCCCCCCOCCOCCOCCOCCOCCOCCOCCOCCOCCOS(=O)(=O)c1ccccc1. The van der Waals surface area contributed by atoms with Crippen molar-refractivity contribution >= 4 is 10.1 Å². The third-order valence-electron chi connectivity index (χ3n) is 7.87. The lowest BCUT2D eigenvalue weighted by atomic mass is 10.0. The van der Waals surface area contributed by atoms with Crippen molar-refractivity contribution in [3.63, 3.8) is 0 Å². The summed E-state index contributed by atoms with van der Waals surface area (Å²) in [6.07, 6.45) is 17.7. The smallest absolute Gasteiger partial charge is 0.297 e. The van der Waals surface area contributed by atoms with E-state index < -0.39 is 10.1 Å². The van der Waals surface area contributed by atoms with Gasteiger partial charge in [-0.1, -0.05) is 102 Å². The molecule has 0 saturated carbocycles. The molecule has 0 aliphatic carbocycles. The second-order valence-electron chi connectivity index (χ2n) is 12.3. The van der Waals surface area contributed by atoms with Crippen molar-refractivity contribution in [2.45, 2.75) is 95.3 Å². The van der Waals surface area contributed by atoms with Crippen LogP contribution in [0.2, 0.25) is 0 Å². The minimum atomic E-state index is -3.75. The molecule has 1 aromatic carbocycles. The molecular weight excluding hydrogens is 692 g/mol. The fourth-order valence-corrected chi connectivity index (χ4v) is 5.86. The lowest BCUT2D eigenvalue weighted by molar-refractivity contribution is -0.0254. The summed E-state index contributed by atoms with van der Waals surface area (Å²) in [7, 11) is -3.75. The fourth-order valence-electron chi connectivity index (χ4n) is 4.94. The van der Waals surface area contributed by atoms with Gasteiger partial charge in [0.1, 0.15) is 0 Å². The second-order valence-corrected chi connectivity index (χ2v) is 14.0. The van der Waals surface area contributed by atoms with Gasteiger partial charge in [0.05, 0.1) is 124 Å². The molecular formula is C39H72O12S. The van der Waals surface area contributed by atoms with E-state index in [4.69, 9.17) is 46.8 Å². The number of benzene rings is 1. The Hall–Kier alpha value is -1.23. The van der Waals surface area contributed by atoms with E-state index in [1.54, 1.807) is 18.2 Å². The van der Waals surface area contributed by atoms with Crippen LogP contribution in [-0.4, -0.2) is 134 Å². The molecule has 0 spiro atoms. The summed E-state index contributed by atoms with van der Waals surface area (Å²) < 4.78 is 78.4. The molecule has 13 heteroatoms. The molecule has 0 fully saturated rings. The van der Waals surface area contributed by atoms with Crippen LogP contribution in [0.5, 0.6) is 0 Å². The number of hydrogen-bond acceptors (Lipinski definition) is 12. The topological polar surface area (TPSA) is 126 Å². The van der Waals surface area contributed by atoms with Crippen LogP contribution >= 0.6 is 0 Å². The Labute approximate surface area is 315 Å². The van der Waals surface area contributed by atoms with E-state index in [0.29, 0.717) is 106 Å². The van der Waals surface area contributed by atoms with Crippen LogP contribution in [0.15, 0.2) is 35.2 Å². The van der Waals surface area contributed by atoms with E-state index in [2.05, 4.69) is 6.92 Å². The van der Waals surface area contributed by atoms with Gasteiger partial charge in [-0.15, -0.1) is 0 Å². The van der Waals surface area contributed by atoms with Crippen LogP contribution in [0.25, 0.3) is 0 Å². The standard InChI is InChI=1S/C39H72O12S/c1-2-3-4-5-6-7-8-9-10-11-12-13-17-20-42-21-22-43-23-24-44-25-26-45-27-28-46-29-30-47-31-32-48-33-34-49-35-36-50-37-38-51-52(40,41)39-18-15-14-16-19-39/h14-16,18-19H,2-13,17,20-38H2,1H3. The van der Waals surface area contributed by atoms with Gasteiger partial charge < -0.3 is 42.6 Å². The molecule has 1 aromatic rings. The maximum Gasteiger partial charge on any atom is 0.297 e. The predicted octanol–water partition coefficient (Wildman–Crippen LogP) is 6.63. The summed E-state index contributed by atoms with van der Waals surface area (Å²) in [5.74, 6) is 0. The van der Waals surface area contributed by atoms with E-state index in [1.165, 1.54) is 89.2 Å². The van der Waals surface area contributed by atoms with Gasteiger partial charge >= 0.3 is 0 Å². The Morgan fingerprint density at radius 3 is 0.942 bits per heavy atom. The quantitative estimate of drug-likeness (QED) is 0.0523. The highest BCUT2D eigenvalue weighted by Crippen LogP contribution is 2.13. The largest absolute Gasteiger partial charge is 0.379 e. The second kappa shape index (κ2) is 39.5. The monoisotopic (exact) mass is 764 g/mol. The molecule has 0 unspecified atom stereocenters. The summed E-state index contributed by atoms with van der Waals surface area (Å²) in [6.45, 7) is 11.1. The molecule has 0 saturated heterocycles. The van der Waals surface area contributed by atoms with E-state index in [9.17, 15) is 8.42 Å². The van der Waals surface area contributed by atoms with Gasteiger partial charge in [0, 0.05) is 6.61 Å². The first-order valence-corrected chi connectivity index (χ1v) is 21.2. The highest BCUT2D eigenvalue weighted by Gasteiger charge is 2.13. The summed E-state index contributed by atoms with van der Waals surface area (Å²) in [6, 6.07) is 8.00. The van der Waals surface area contributed by atoms with Crippen LogP contribution < -0.4 is 0 Å². The van der Waals surface area contributed by atoms with Crippen molar-refractivity contribution in [1.82, 2.24) is 0 Å². The van der Waals surface area contributed by atoms with Crippen LogP contribution in [0.4, 0.5) is 0 Å². The Morgan fingerprint density at radius 2 is 0.615 bits per heavy atom. The normalized spacial score (nSPS) is 11.9. The molecule has 0 aliphatic rings. The third-order valence-corrected chi connectivity index (χ3v) is 9.19. The summed E-state index contributed by atoms with van der Waals surface area (Å²) in [4.78, 5) is 0.125. The maximum atomic E-state index is 12.0. The van der Waals surface area contributed by atoms with Crippen LogP contribution in [-0.2, 0) is 56.9 Å². The average Bonchev–Trinajstić information content (AvgIpc) is 3.15. The number of rotatable bonds is 43. The molecule has 0 N–H and O–H groups in total. The minimum Gasteiger partial charge on any atom is -0.379 e. The van der Waals surface area contributed by atoms with E-state index in [0.717, 1.165) is 13.0 Å². The van der Waals surface area contributed by atoms with Gasteiger partial charge in [-0.05, 0) is 18.6 Å². The average molecular weight is 765 g/mol. The molecule has 1 rings (SSSR count). The Kier molecular flexibility index (Phi) is 37.0. The molecule has 0 bridgehead atoms. The van der Waals surface area contributed by atoms with Crippen molar-refractivity contribution in [1.29, 1.82) is 0 Å². The molecule has 306 valence electrons. The fraction of sp³-hybridized carbons (Fsp3) is 0.846. The number of ether oxygens (including phenoxy) is 9. The molecule has 0 heterocycles. The zero-order valence-electron chi connectivity index (χ0n) is 32.3. The van der Waals surface area contributed by atoms with Crippen LogP contribution in [0, 0.1) is 0 Å². The van der Waals surface area contributed by atoms with Crippen molar-refractivity contribution in [3.05, 3.63) is 30.3 Å². The van der Waals surface area contributed by atoms with Gasteiger partial charge in [-0.2, -0.15) is 8.42 Å². The summed E-state index contributed by atoms with van der Waals surface area (Å²) in [5.41, 5.74) is 0. The summed E-state index contributed by atoms with van der Waals surface area (Å²) >= 11 is 0. The first-order chi connectivity index (χ1) is 25.7. The molecule has 52 heavy (non-hydrogen) atoms. The van der Waals surface area contributed by atoms with Crippen LogP contribution in [0.3, 0.4) is 0 Å². The highest BCUT2D eigenvalue weighted by atomic mass is 32.2. The maximum absolute atomic E-state index is 12.0. The van der Waals surface area contributed by atoms with Gasteiger partial charge in [0.15, 0.2) is 0 Å². The van der Waals surface area contributed by atoms with Crippen molar-refractivity contribution in [2.24, 2.45) is 0 Å². The third kappa shape index (κ3) is 34.5. The first-order valence-electron chi connectivity index (χ1n) is 19.8. The van der Waals surface area contributed by atoms with Crippen LogP contribution in [0.1, 0.15) is 90.4 Å². The van der Waals surface area contributed by atoms with Gasteiger partial charge in [-0.3, -0.25) is 4.18 Å². The molecule has 0 atom stereocenters. The van der Waals surface area contributed by atoms with Gasteiger partial charge in [0.2, 0.25) is 0 Å². The van der Waals surface area contributed by atoms with Crippen molar-refractivity contribution in [2.75, 3.05) is 126 Å². The molecule has 0 radical (unpaired) electrons. The number of hydrogen-bond donors (Lipinski definition) is 0. The number of unbranched alkanes of at least 4 members (excludes halogenated alkanes) is 12. The van der Waals surface area contributed by atoms with Gasteiger partial charge in [-0.25, -0.2) is 0 Å². The Morgan fingerprint density at radius 1 is 0.346 bits per heavy atom. The van der Waals surface area contributed by atoms with E-state index >= 15 is 0 Å². The minimum absolute atomic E-state index is 0.0535. The van der Waals surface area contributed by atoms with Crippen molar-refractivity contribution in [3.8, 4) is 0 Å². The zero-order chi connectivity index (χ0) is 37.3.